The topological polar surface area (TPSA) is 93.2 Å². The molecule has 0 atom stereocenters. The van der Waals surface area contributed by atoms with Gasteiger partial charge < -0.3 is 15.4 Å². The van der Waals surface area contributed by atoms with Gasteiger partial charge in [-0.2, -0.15) is 0 Å². The summed E-state index contributed by atoms with van der Waals surface area (Å²) in [6.45, 7) is 2.22. The fraction of sp³-hybridized carbons (Fsp3) is 0.0833. The van der Waals surface area contributed by atoms with Gasteiger partial charge in [0.2, 0.25) is 5.01 Å². The fourth-order valence-electron chi connectivity index (χ4n) is 2.88. The van der Waals surface area contributed by atoms with E-state index in [1.807, 2.05) is 31.2 Å². The summed E-state index contributed by atoms with van der Waals surface area (Å²) in [6.07, 6.45) is 0. The molecule has 7 nitrogen and oxygen atoms in total. The van der Waals surface area contributed by atoms with Gasteiger partial charge in [0.1, 0.15) is 12.4 Å². The summed E-state index contributed by atoms with van der Waals surface area (Å²) >= 11 is 7.10. The predicted octanol–water partition coefficient (Wildman–Crippen LogP) is 5.58. The van der Waals surface area contributed by atoms with E-state index >= 15 is 0 Å². The lowest BCUT2D eigenvalue weighted by molar-refractivity contribution is 0.101. The number of aryl methyl sites for hydroxylation is 1. The number of nitrogens with zero attached hydrogens (tertiary/aromatic N) is 2. The number of rotatable bonds is 7. The summed E-state index contributed by atoms with van der Waals surface area (Å²) in [5.41, 5.74) is 2.57. The van der Waals surface area contributed by atoms with Crippen molar-refractivity contribution >= 4 is 46.1 Å². The van der Waals surface area contributed by atoms with Crippen LogP contribution in [0.25, 0.3) is 0 Å². The van der Waals surface area contributed by atoms with Crippen molar-refractivity contribution < 1.29 is 14.3 Å². The van der Waals surface area contributed by atoms with Crippen molar-refractivity contribution in [3.63, 3.8) is 0 Å². The van der Waals surface area contributed by atoms with Crippen LogP contribution in [0.4, 0.5) is 11.4 Å². The summed E-state index contributed by atoms with van der Waals surface area (Å²) in [6, 6.07) is 21.1. The van der Waals surface area contributed by atoms with Crippen molar-refractivity contribution in [1.82, 2.24) is 10.2 Å². The summed E-state index contributed by atoms with van der Waals surface area (Å²) in [7, 11) is 0. The second kappa shape index (κ2) is 10.2. The number of benzene rings is 3. The van der Waals surface area contributed by atoms with E-state index in [1.165, 1.54) is 0 Å². The largest absolute Gasteiger partial charge is 0.486 e. The standard InChI is InChI=1S/C24H19ClN4O3S/c1-15-8-10-20(11-9-15)32-14-21-28-29-24(33-21)23(31)27-18-6-2-4-16(12-18)22(30)26-19-7-3-5-17(25)13-19/h2-13H,14H2,1H3,(H,26,30)(H,27,31). The van der Waals surface area contributed by atoms with Crippen molar-refractivity contribution in [2.75, 3.05) is 10.6 Å². The molecule has 0 saturated carbocycles. The smallest absolute Gasteiger partial charge is 0.286 e. The minimum Gasteiger partial charge on any atom is -0.486 e. The Bertz CT molecular complexity index is 1290. The van der Waals surface area contributed by atoms with Gasteiger partial charge in [-0.1, -0.05) is 52.8 Å². The van der Waals surface area contributed by atoms with Crippen LogP contribution in [0.1, 0.15) is 30.7 Å². The van der Waals surface area contributed by atoms with Crippen LogP contribution in [0, 0.1) is 6.92 Å². The third kappa shape index (κ3) is 6.15. The lowest BCUT2D eigenvalue weighted by Gasteiger charge is -2.08. The van der Waals surface area contributed by atoms with Crippen molar-refractivity contribution in [1.29, 1.82) is 0 Å². The van der Waals surface area contributed by atoms with Crippen LogP contribution in [-0.4, -0.2) is 22.0 Å². The van der Waals surface area contributed by atoms with E-state index in [9.17, 15) is 9.59 Å². The lowest BCUT2D eigenvalue weighted by atomic mass is 10.2. The van der Waals surface area contributed by atoms with E-state index in [1.54, 1.807) is 48.5 Å². The molecule has 166 valence electrons. The summed E-state index contributed by atoms with van der Waals surface area (Å²) in [5.74, 6) is -0.0176. The molecule has 0 unspecified atom stereocenters. The van der Waals surface area contributed by atoms with E-state index in [0.717, 1.165) is 22.6 Å². The van der Waals surface area contributed by atoms with E-state index in [0.29, 0.717) is 27.0 Å². The number of hydrogen-bond donors (Lipinski definition) is 2. The van der Waals surface area contributed by atoms with Gasteiger partial charge in [-0.05, 0) is 55.5 Å². The molecule has 2 N–H and O–H groups in total. The second-order valence-electron chi connectivity index (χ2n) is 7.10. The van der Waals surface area contributed by atoms with Crippen molar-refractivity contribution in [2.24, 2.45) is 0 Å². The first-order valence-electron chi connectivity index (χ1n) is 9.96. The summed E-state index contributed by atoms with van der Waals surface area (Å²) < 4.78 is 5.68. The molecule has 4 rings (SSSR count). The minimum absolute atomic E-state index is 0.200. The maximum absolute atomic E-state index is 12.6. The highest BCUT2D eigenvalue weighted by atomic mass is 35.5. The Balaban J connectivity index is 1.36. The average Bonchev–Trinajstić information content (AvgIpc) is 3.28. The molecule has 3 aromatic carbocycles. The zero-order valence-electron chi connectivity index (χ0n) is 17.5. The van der Waals surface area contributed by atoms with Gasteiger partial charge in [0.15, 0.2) is 5.01 Å². The number of anilines is 2. The molecular weight excluding hydrogens is 460 g/mol. The number of halogens is 1. The van der Waals surface area contributed by atoms with Crippen LogP contribution < -0.4 is 15.4 Å². The second-order valence-corrected chi connectivity index (χ2v) is 8.60. The number of carbonyl (C=O) groups excluding carboxylic acids is 2. The fourth-order valence-corrected chi connectivity index (χ4v) is 3.71. The maximum atomic E-state index is 12.6. The molecule has 0 aliphatic carbocycles. The molecule has 0 radical (unpaired) electrons. The van der Waals surface area contributed by atoms with Crippen LogP contribution in [0.2, 0.25) is 5.02 Å². The van der Waals surface area contributed by atoms with Crippen LogP contribution >= 0.6 is 22.9 Å². The molecule has 0 aliphatic heterocycles. The number of hydrogen-bond acceptors (Lipinski definition) is 6. The average molecular weight is 479 g/mol. The highest BCUT2D eigenvalue weighted by Gasteiger charge is 2.15. The minimum atomic E-state index is -0.415. The first kappa shape index (κ1) is 22.4. The molecule has 0 fully saturated rings. The third-order valence-electron chi connectivity index (χ3n) is 4.51. The van der Waals surface area contributed by atoms with Crippen LogP contribution in [0.3, 0.4) is 0 Å². The van der Waals surface area contributed by atoms with Gasteiger partial charge in [-0.25, -0.2) is 0 Å². The Morgan fingerprint density at radius 1 is 0.909 bits per heavy atom. The molecule has 4 aromatic rings. The van der Waals surface area contributed by atoms with Crippen LogP contribution in [-0.2, 0) is 6.61 Å². The van der Waals surface area contributed by atoms with E-state index in [-0.39, 0.29) is 17.5 Å². The Labute approximate surface area is 199 Å². The molecule has 1 heterocycles. The SMILES string of the molecule is Cc1ccc(OCc2nnc(C(=O)Nc3cccc(C(=O)Nc4cccc(Cl)c4)c3)s2)cc1. The number of nitrogens with one attached hydrogen (secondary N) is 2. The van der Waals surface area contributed by atoms with Gasteiger partial charge in [0.25, 0.3) is 11.8 Å². The van der Waals surface area contributed by atoms with Gasteiger partial charge in [0, 0.05) is 22.0 Å². The highest BCUT2D eigenvalue weighted by Crippen LogP contribution is 2.19. The molecule has 1 aromatic heterocycles. The zero-order chi connectivity index (χ0) is 23.2. The molecule has 9 heteroatoms. The third-order valence-corrected chi connectivity index (χ3v) is 5.64. The van der Waals surface area contributed by atoms with Crippen LogP contribution in [0.15, 0.2) is 72.8 Å². The number of carbonyl (C=O) groups is 2. The molecule has 2 amide bonds. The Kier molecular flexibility index (Phi) is 6.97. The molecular formula is C24H19ClN4O3S. The van der Waals surface area contributed by atoms with Crippen molar-refractivity contribution in [3.8, 4) is 5.75 Å². The lowest BCUT2D eigenvalue weighted by Crippen LogP contribution is -2.14. The van der Waals surface area contributed by atoms with Gasteiger partial charge >= 0.3 is 0 Å². The van der Waals surface area contributed by atoms with Gasteiger partial charge in [-0.15, -0.1) is 10.2 Å². The summed E-state index contributed by atoms with van der Waals surface area (Å²) in [5, 5.41) is 14.8. The van der Waals surface area contributed by atoms with E-state index in [2.05, 4.69) is 20.8 Å². The first-order valence-corrected chi connectivity index (χ1v) is 11.2. The number of aromatic nitrogens is 2. The number of amides is 2. The van der Waals surface area contributed by atoms with Crippen molar-refractivity contribution in [3.05, 3.63) is 99.0 Å². The number of ether oxygens (including phenoxy) is 1. The van der Waals surface area contributed by atoms with E-state index in [4.69, 9.17) is 16.3 Å². The van der Waals surface area contributed by atoms with Gasteiger partial charge in [0.05, 0.1) is 0 Å². The normalized spacial score (nSPS) is 10.5. The predicted molar refractivity (Wildman–Crippen MR) is 129 cm³/mol. The molecule has 0 bridgehead atoms. The molecule has 33 heavy (non-hydrogen) atoms. The Hall–Kier alpha value is -3.75. The van der Waals surface area contributed by atoms with E-state index < -0.39 is 5.91 Å². The molecule has 0 saturated heterocycles. The monoisotopic (exact) mass is 478 g/mol. The Morgan fingerprint density at radius 3 is 2.36 bits per heavy atom. The zero-order valence-corrected chi connectivity index (χ0v) is 19.1. The van der Waals surface area contributed by atoms with Crippen LogP contribution in [0.5, 0.6) is 5.75 Å². The quantitative estimate of drug-likeness (QED) is 0.361. The summed E-state index contributed by atoms with van der Waals surface area (Å²) in [4.78, 5) is 25.1. The van der Waals surface area contributed by atoms with Gasteiger partial charge in [-0.3, -0.25) is 9.59 Å². The molecule has 0 aliphatic rings. The molecule has 0 spiro atoms. The highest BCUT2D eigenvalue weighted by molar-refractivity contribution is 7.13. The maximum Gasteiger partial charge on any atom is 0.286 e. The van der Waals surface area contributed by atoms with Crippen molar-refractivity contribution in [2.45, 2.75) is 13.5 Å². The first-order chi connectivity index (χ1) is 16.0. The Morgan fingerprint density at radius 2 is 1.61 bits per heavy atom.